The topological polar surface area (TPSA) is 105 Å². The van der Waals surface area contributed by atoms with Gasteiger partial charge in [-0.15, -0.1) is 0 Å². The molecule has 3 rings (SSSR count). The van der Waals surface area contributed by atoms with Crippen LogP contribution in [0.4, 0.5) is 16.4 Å². The molecule has 1 aromatic carbocycles. The fraction of sp³-hybridized carbons (Fsp3) is 0.176. The Morgan fingerprint density at radius 2 is 2.16 bits per heavy atom. The third-order valence-corrected chi connectivity index (χ3v) is 3.69. The van der Waals surface area contributed by atoms with Gasteiger partial charge in [0.2, 0.25) is 5.95 Å². The molecule has 0 unspecified atom stereocenters. The second kappa shape index (κ2) is 7.00. The van der Waals surface area contributed by atoms with Gasteiger partial charge in [0.25, 0.3) is 0 Å². The molecule has 0 spiro atoms. The van der Waals surface area contributed by atoms with Crippen molar-refractivity contribution in [3.8, 4) is 11.3 Å². The van der Waals surface area contributed by atoms with E-state index in [1.54, 1.807) is 17.1 Å². The van der Waals surface area contributed by atoms with Crippen molar-refractivity contribution < 1.29 is 9.90 Å². The van der Waals surface area contributed by atoms with Crippen LogP contribution in [0.25, 0.3) is 11.3 Å². The van der Waals surface area contributed by atoms with E-state index in [2.05, 4.69) is 25.7 Å². The number of aryl methyl sites for hydroxylation is 2. The average molecular weight is 338 g/mol. The summed E-state index contributed by atoms with van der Waals surface area (Å²) >= 11 is 0. The molecule has 0 atom stereocenters. The van der Waals surface area contributed by atoms with Gasteiger partial charge in [0.15, 0.2) is 0 Å². The first-order valence-electron chi connectivity index (χ1n) is 7.66. The van der Waals surface area contributed by atoms with Crippen LogP contribution in [0, 0.1) is 6.92 Å². The zero-order chi connectivity index (χ0) is 17.8. The predicted molar refractivity (Wildman–Crippen MR) is 93.6 cm³/mol. The minimum atomic E-state index is -1.04. The molecule has 3 aromatic rings. The molecule has 0 radical (unpaired) electrons. The summed E-state index contributed by atoms with van der Waals surface area (Å²) in [4.78, 5) is 19.4. The Bertz CT molecular complexity index is 906. The van der Waals surface area contributed by atoms with Gasteiger partial charge >= 0.3 is 6.09 Å². The third-order valence-electron chi connectivity index (χ3n) is 3.69. The van der Waals surface area contributed by atoms with Crippen LogP contribution in [0.3, 0.4) is 0 Å². The lowest BCUT2D eigenvalue weighted by atomic mass is 10.0. The zero-order valence-corrected chi connectivity index (χ0v) is 13.9. The quantitative estimate of drug-likeness (QED) is 0.660. The molecule has 2 heterocycles. The molecule has 0 fully saturated rings. The molecule has 0 aliphatic rings. The van der Waals surface area contributed by atoms with Gasteiger partial charge in [-0.25, -0.2) is 14.8 Å². The van der Waals surface area contributed by atoms with E-state index in [9.17, 15) is 4.79 Å². The number of aromatic nitrogens is 4. The first-order chi connectivity index (χ1) is 12.0. The summed E-state index contributed by atoms with van der Waals surface area (Å²) in [6.07, 6.45) is 4.19. The maximum atomic E-state index is 10.6. The Morgan fingerprint density at radius 3 is 2.84 bits per heavy atom. The van der Waals surface area contributed by atoms with Gasteiger partial charge in [-0.05, 0) is 30.2 Å². The van der Waals surface area contributed by atoms with E-state index in [-0.39, 0.29) is 6.54 Å². The molecule has 2 aromatic heterocycles. The largest absolute Gasteiger partial charge is 0.465 e. The third kappa shape index (κ3) is 4.11. The lowest BCUT2D eigenvalue weighted by Crippen LogP contribution is -2.20. The molecule has 3 N–H and O–H groups in total. The van der Waals surface area contributed by atoms with Crippen molar-refractivity contribution in [2.45, 2.75) is 13.5 Å². The standard InChI is InChI=1S/C17H18N6O2/c1-11-7-12(3-4-13(11)8-19-17(24)25)15-5-6-18-16(22-15)21-14-9-20-23(2)10-14/h3-7,9-10,19H,8H2,1-2H3,(H,24,25)(H,18,21,22). The summed E-state index contributed by atoms with van der Waals surface area (Å²) in [6, 6.07) is 7.63. The molecule has 128 valence electrons. The van der Waals surface area contributed by atoms with Crippen molar-refractivity contribution in [3.63, 3.8) is 0 Å². The van der Waals surface area contributed by atoms with E-state index in [0.717, 1.165) is 28.1 Å². The number of hydrogen-bond acceptors (Lipinski definition) is 5. The van der Waals surface area contributed by atoms with Crippen LogP contribution < -0.4 is 10.6 Å². The first-order valence-corrected chi connectivity index (χ1v) is 7.66. The summed E-state index contributed by atoms with van der Waals surface area (Å²) in [7, 11) is 1.84. The number of hydrogen-bond donors (Lipinski definition) is 3. The number of carboxylic acid groups (broad SMARTS) is 1. The lowest BCUT2D eigenvalue weighted by molar-refractivity contribution is 0.194. The molecular weight excluding hydrogens is 320 g/mol. The molecule has 0 saturated carbocycles. The average Bonchev–Trinajstić information content (AvgIpc) is 2.98. The van der Waals surface area contributed by atoms with Crippen LogP contribution >= 0.6 is 0 Å². The maximum Gasteiger partial charge on any atom is 0.404 e. The molecular formula is C17H18N6O2. The Labute approximate surface area is 144 Å². The van der Waals surface area contributed by atoms with Gasteiger partial charge in [0.05, 0.1) is 17.6 Å². The number of carbonyl (C=O) groups is 1. The highest BCUT2D eigenvalue weighted by Gasteiger charge is 2.07. The van der Waals surface area contributed by atoms with Crippen molar-refractivity contribution in [1.29, 1.82) is 0 Å². The van der Waals surface area contributed by atoms with Gasteiger partial charge < -0.3 is 15.7 Å². The van der Waals surface area contributed by atoms with Crippen LogP contribution in [0.1, 0.15) is 11.1 Å². The summed E-state index contributed by atoms with van der Waals surface area (Å²) in [5, 5.41) is 18.3. The smallest absolute Gasteiger partial charge is 0.404 e. The van der Waals surface area contributed by atoms with E-state index >= 15 is 0 Å². The summed E-state index contributed by atoms with van der Waals surface area (Å²) in [6.45, 7) is 2.22. The Balaban J connectivity index is 1.80. The highest BCUT2D eigenvalue weighted by atomic mass is 16.4. The van der Waals surface area contributed by atoms with Crippen LogP contribution in [-0.2, 0) is 13.6 Å². The van der Waals surface area contributed by atoms with Crippen LogP contribution in [0.5, 0.6) is 0 Å². The van der Waals surface area contributed by atoms with Crippen molar-refractivity contribution in [2.75, 3.05) is 5.32 Å². The number of nitrogens with one attached hydrogen (secondary N) is 2. The van der Waals surface area contributed by atoms with E-state index in [4.69, 9.17) is 5.11 Å². The van der Waals surface area contributed by atoms with Crippen molar-refractivity contribution in [1.82, 2.24) is 25.1 Å². The number of nitrogens with zero attached hydrogens (tertiary/aromatic N) is 4. The minimum Gasteiger partial charge on any atom is -0.465 e. The fourth-order valence-electron chi connectivity index (χ4n) is 2.42. The van der Waals surface area contributed by atoms with E-state index < -0.39 is 6.09 Å². The Morgan fingerprint density at radius 1 is 1.32 bits per heavy atom. The Hall–Kier alpha value is -3.42. The number of rotatable bonds is 5. The van der Waals surface area contributed by atoms with E-state index in [1.807, 2.05) is 44.4 Å². The highest BCUT2D eigenvalue weighted by molar-refractivity contribution is 5.65. The second-order valence-electron chi connectivity index (χ2n) is 5.59. The summed E-state index contributed by atoms with van der Waals surface area (Å²) < 4.78 is 1.69. The fourth-order valence-corrected chi connectivity index (χ4v) is 2.42. The SMILES string of the molecule is Cc1cc(-c2ccnc(Nc3cnn(C)c3)n2)ccc1CNC(=O)O. The number of benzene rings is 1. The van der Waals surface area contributed by atoms with Crippen LogP contribution in [0.15, 0.2) is 42.9 Å². The maximum absolute atomic E-state index is 10.6. The van der Waals surface area contributed by atoms with Crippen molar-refractivity contribution >= 4 is 17.7 Å². The molecule has 0 bridgehead atoms. The highest BCUT2D eigenvalue weighted by Crippen LogP contribution is 2.22. The normalized spacial score (nSPS) is 10.5. The van der Waals surface area contributed by atoms with Gasteiger partial charge in [-0.1, -0.05) is 12.1 Å². The molecule has 0 aliphatic carbocycles. The minimum absolute atomic E-state index is 0.277. The number of amides is 1. The molecule has 1 amide bonds. The van der Waals surface area contributed by atoms with Gasteiger partial charge in [-0.3, -0.25) is 4.68 Å². The monoisotopic (exact) mass is 338 g/mol. The summed E-state index contributed by atoms with van der Waals surface area (Å²) in [5.41, 5.74) is 4.45. The van der Waals surface area contributed by atoms with Crippen LogP contribution in [-0.4, -0.2) is 30.9 Å². The molecule has 25 heavy (non-hydrogen) atoms. The lowest BCUT2D eigenvalue weighted by Gasteiger charge is -2.09. The molecule has 0 aliphatic heterocycles. The molecule has 0 saturated heterocycles. The second-order valence-corrected chi connectivity index (χ2v) is 5.59. The van der Waals surface area contributed by atoms with Gasteiger partial charge in [-0.2, -0.15) is 5.10 Å². The zero-order valence-electron chi connectivity index (χ0n) is 13.9. The molecule has 8 heteroatoms. The predicted octanol–water partition coefficient (Wildman–Crippen LogP) is 2.70. The summed E-state index contributed by atoms with van der Waals surface area (Å²) in [5.74, 6) is 0.486. The first kappa shape index (κ1) is 16.4. The van der Waals surface area contributed by atoms with E-state index in [1.165, 1.54) is 0 Å². The van der Waals surface area contributed by atoms with Crippen LogP contribution in [0.2, 0.25) is 0 Å². The van der Waals surface area contributed by atoms with E-state index in [0.29, 0.717) is 5.95 Å². The van der Waals surface area contributed by atoms with Gasteiger partial charge in [0, 0.05) is 31.5 Å². The van der Waals surface area contributed by atoms with Gasteiger partial charge in [0.1, 0.15) is 0 Å². The van der Waals surface area contributed by atoms with Crippen molar-refractivity contribution in [2.24, 2.45) is 7.05 Å². The van der Waals surface area contributed by atoms with Crippen molar-refractivity contribution in [3.05, 3.63) is 54.0 Å². The Kier molecular flexibility index (Phi) is 4.60. The number of anilines is 2. The molecule has 8 nitrogen and oxygen atoms in total.